The molecular weight excluding hydrogens is 184 g/mol. The van der Waals surface area contributed by atoms with Crippen molar-refractivity contribution in [2.75, 3.05) is 13.1 Å². The van der Waals surface area contributed by atoms with Crippen LogP contribution in [0.2, 0.25) is 0 Å². The second kappa shape index (κ2) is 4.29. The third-order valence-electron chi connectivity index (χ3n) is 2.78. The summed E-state index contributed by atoms with van der Waals surface area (Å²) < 4.78 is 0. The van der Waals surface area contributed by atoms with E-state index in [1.54, 1.807) is 0 Å². The number of benzene rings is 1. The highest BCUT2D eigenvalue weighted by atomic mass is 14.8. The van der Waals surface area contributed by atoms with E-state index in [4.69, 9.17) is 5.26 Å². The van der Waals surface area contributed by atoms with Crippen molar-refractivity contribution >= 4 is 5.57 Å². The molecule has 2 rings (SSSR count). The van der Waals surface area contributed by atoms with Crippen LogP contribution in [-0.2, 0) is 0 Å². The number of rotatable bonds is 1. The standard InChI is InChI=1S/C13H14N2/c1-10-8-12(2-3-13(10)9-14)11-4-6-15-7-5-11/h2-4,8,15H,5-7H2,1H3. The predicted octanol–water partition coefficient (Wildman–Crippen LogP) is 2.24. The van der Waals surface area contributed by atoms with Crippen LogP contribution in [0.25, 0.3) is 5.57 Å². The van der Waals surface area contributed by atoms with Crippen LogP contribution in [0.1, 0.15) is 23.1 Å². The first kappa shape index (κ1) is 9.95. The molecule has 1 N–H and O–H groups in total. The van der Waals surface area contributed by atoms with Crippen molar-refractivity contribution in [1.29, 1.82) is 5.26 Å². The first-order valence-corrected chi connectivity index (χ1v) is 5.22. The van der Waals surface area contributed by atoms with E-state index in [0.29, 0.717) is 0 Å². The van der Waals surface area contributed by atoms with Gasteiger partial charge < -0.3 is 5.32 Å². The number of nitrogens with zero attached hydrogens (tertiary/aromatic N) is 1. The summed E-state index contributed by atoms with van der Waals surface area (Å²) >= 11 is 0. The van der Waals surface area contributed by atoms with Crippen LogP contribution in [-0.4, -0.2) is 13.1 Å². The summed E-state index contributed by atoms with van der Waals surface area (Å²) in [5.74, 6) is 0. The van der Waals surface area contributed by atoms with E-state index in [9.17, 15) is 0 Å². The zero-order valence-corrected chi connectivity index (χ0v) is 8.88. The molecule has 0 amide bonds. The lowest BCUT2D eigenvalue weighted by Crippen LogP contribution is -2.20. The number of hydrogen-bond donors (Lipinski definition) is 1. The van der Waals surface area contributed by atoms with E-state index in [1.807, 2.05) is 19.1 Å². The molecule has 0 saturated carbocycles. The maximum atomic E-state index is 8.85. The molecule has 15 heavy (non-hydrogen) atoms. The van der Waals surface area contributed by atoms with Gasteiger partial charge in [0.25, 0.3) is 0 Å². The molecule has 0 aromatic heterocycles. The van der Waals surface area contributed by atoms with Gasteiger partial charge in [0, 0.05) is 6.54 Å². The summed E-state index contributed by atoms with van der Waals surface area (Å²) in [5, 5.41) is 12.1. The number of hydrogen-bond acceptors (Lipinski definition) is 2. The van der Waals surface area contributed by atoms with Gasteiger partial charge in [0.05, 0.1) is 11.6 Å². The van der Waals surface area contributed by atoms with Crippen molar-refractivity contribution in [3.05, 3.63) is 41.0 Å². The van der Waals surface area contributed by atoms with Gasteiger partial charge in [0.1, 0.15) is 0 Å². The molecule has 1 aromatic carbocycles. The lowest BCUT2D eigenvalue weighted by molar-refractivity contribution is 0.738. The molecule has 0 spiro atoms. The van der Waals surface area contributed by atoms with Crippen molar-refractivity contribution < 1.29 is 0 Å². The topological polar surface area (TPSA) is 35.8 Å². The van der Waals surface area contributed by atoms with E-state index in [0.717, 1.165) is 30.6 Å². The highest BCUT2D eigenvalue weighted by Crippen LogP contribution is 2.21. The van der Waals surface area contributed by atoms with Crippen molar-refractivity contribution in [1.82, 2.24) is 5.32 Å². The van der Waals surface area contributed by atoms with Gasteiger partial charge in [0.15, 0.2) is 0 Å². The molecule has 0 fully saturated rings. The molecule has 2 heteroatoms. The first-order chi connectivity index (χ1) is 7.31. The fourth-order valence-corrected chi connectivity index (χ4v) is 1.87. The molecule has 0 radical (unpaired) electrons. The Bertz CT molecular complexity index is 438. The Morgan fingerprint density at radius 3 is 2.87 bits per heavy atom. The maximum absolute atomic E-state index is 8.85. The fraction of sp³-hybridized carbons (Fsp3) is 0.308. The summed E-state index contributed by atoms with van der Waals surface area (Å²) in [5.41, 5.74) is 4.48. The van der Waals surface area contributed by atoms with E-state index in [2.05, 4.69) is 23.5 Å². The summed E-state index contributed by atoms with van der Waals surface area (Å²) in [4.78, 5) is 0. The quantitative estimate of drug-likeness (QED) is 0.751. The summed E-state index contributed by atoms with van der Waals surface area (Å²) in [6, 6.07) is 8.26. The van der Waals surface area contributed by atoms with Crippen LogP contribution < -0.4 is 5.32 Å². The average Bonchev–Trinajstić information content (AvgIpc) is 2.30. The van der Waals surface area contributed by atoms with Crippen LogP contribution in [0.3, 0.4) is 0 Å². The van der Waals surface area contributed by atoms with Crippen LogP contribution in [0.5, 0.6) is 0 Å². The Hall–Kier alpha value is -1.59. The van der Waals surface area contributed by atoms with Crippen molar-refractivity contribution in [3.8, 4) is 6.07 Å². The molecule has 0 unspecified atom stereocenters. The summed E-state index contributed by atoms with van der Waals surface area (Å²) in [6.07, 6.45) is 3.30. The highest BCUT2D eigenvalue weighted by Gasteiger charge is 2.06. The van der Waals surface area contributed by atoms with Crippen LogP contribution in [0.15, 0.2) is 24.3 Å². The number of aryl methyl sites for hydroxylation is 1. The zero-order valence-electron chi connectivity index (χ0n) is 8.88. The molecule has 1 heterocycles. The van der Waals surface area contributed by atoms with Gasteiger partial charge in [0.2, 0.25) is 0 Å². The van der Waals surface area contributed by atoms with Crippen LogP contribution in [0, 0.1) is 18.3 Å². The molecule has 1 aliphatic heterocycles. The molecule has 2 nitrogen and oxygen atoms in total. The third-order valence-corrected chi connectivity index (χ3v) is 2.78. The van der Waals surface area contributed by atoms with Gasteiger partial charge in [-0.2, -0.15) is 5.26 Å². The molecule has 1 aliphatic rings. The number of nitrogens with one attached hydrogen (secondary N) is 1. The van der Waals surface area contributed by atoms with Crippen molar-refractivity contribution in [2.45, 2.75) is 13.3 Å². The third kappa shape index (κ3) is 2.08. The van der Waals surface area contributed by atoms with Crippen molar-refractivity contribution in [2.24, 2.45) is 0 Å². The minimum atomic E-state index is 0.772. The van der Waals surface area contributed by atoms with Gasteiger partial charge in [-0.25, -0.2) is 0 Å². The van der Waals surface area contributed by atoms with Gasteiger partial charge in [-0.3, -0.25) is 0 Å². The molecule has 0 bridgehead atoms. The van der Waals surface area contributed by atoms with E-state index in [1.165, 1.54) is 11.1 Å². The molecule has 76 valence electrons. The van der Waals surface area contributed by atoms with Gasteiger partial charge in [-0.05, 0) is 42.7 Å². The van der Waals surface area contributed by atoms with Crippen molar-refractivity contribution in [3.63, 3.8) is 0 Å². The first-order valence-electron chi connectivity index (χ1n) is 5.22. The molecule has 0 aliphatic carbocycles. The lowest BCUT2D eigenvalue weighted by Gasteiger charge is -2.14. The monoisotopic (exact) mass is 198 g/mol. The Morgan fingerprint density at radius 2 is 2.27 bits per heavy atom. The SMILES string of the molecule is Cc1cc(C2=CCNCC2)ccc1C#N. The Balaban J connectivity index is 2.34. The van der Waals surface area contributed by atoms with E-state index >= 15 is 0 Å². The van der Waals surface area contributed by atoms with Gasteiger partial charge in [-0.1, -0.05) is 18.2 Å². The largest absolute Gasteiger partial charge is 0.313 e. The minimum absolute atomic E-state index is 0.772. The smallest absolute Gasteiger partial charge is 0.0994 e. The summed E-state index contributed by atoms with van der Waals surface area (Å²) in [7, 11) is 0. The predicted molar refractivity (Wildman–Crippen MR) is 61.4 cm³/mol. The second-order valence-electron chi connectivity index (χ2n) is 3.82. The maximum Gasteiger partial charge on any atom is 0.0994 e. The average molecular weight is 198 g/mol. The highest BCUT2D eigenvalue weighted by molar-refractivity contribution is 5.68. The Kier molecular flexibility index (Phi) is 2.84. The normalized spacial score (nSPS) is 15.6. The second-order valence-corrected chi connectivity index (χ2v) is 3.82. The molecule has 1 aromatic rings. The Morgan fingerprint density at radius 1 is 1.40 bits per heavy atom. The van der Waals surface area contributed by atoms with E-state index in [-0.39, 0.29) is 0 Å². The lowest BCUT2D eigenvalue weighted by atomic mass is 9.97. The summed E-state index contributed by atoms with van der Waals surface area (Å²) in [6.45, 7) is 3.99. The molecule has 0 atom stereocenters. The fourth-order valence-electron chi connectivity index (χ4n) is 1.87. The van der Waals surface area contributed by atoms with Gasteiger partial charge >= 0.3 is 0 Å². The minimum Gasteiger partial charge on any atom is -0.313 e. The van der Waals surface area contributed by atoms with Crippen LogP contribution in [0.4, 0.5) is 0 Å². The number of nitriles is 1. The molecular formula is C13H14N2. The van der Waals surface area contributed by atoms with Crippen LogP contribution >= 0.6 is 0 Å². The van der Waals surface area contributed by atoms with Gasteiger partial charge in [-0.15, -0.1) is 0 Å². The zero-order chi connectivity index (χ0) is 10.7. The Labute approximate surface area is 90.2 Å². The molecule has 0 saturated heterocycles. The van der Waals surface area contributed by atoms with E-state index < -0.39 is 0 Å².